The third kappa shape index (κ3) is 4.04. The van der Waals surface area contributed by atoms with Gasteiger partial charge < -0.3 is 39.4 Å². The number of aliphatic hydroxyl groups excluding tert-OH is 5. The first kappa shape index (κ1) is 20.7. The van der Waals surface area contributed by atoms with Crippen molar-refractivity contribution in [2.24, 2.45) is 0 Å². The Bertz CT molecular complexity index is 889. The summed E-state index contributed by atoms with van der Waals surface area (Å²) in [7, 11) is 0. The monoisotopic (exact) mass is 396 g/mol. The van der Waals surface area contributed by atoms with E-state index in [1.165, 1.54) is 12.1 Å². The third-order valence-electron chi connectivity index (χ3n) is 4.65. The first-order valence-electron chi connectivity index (χ1n) is 8.94. The lowest BCUT2D eigenvalue weighted by molar-refractivity contribution is -0.277. The van der Waals surface area contributed by atoms with E-state index in [4.69, 9.17) is 13.9 Å². The normalized spacial score (nSPS) is 29.0. The highest BCUT2D eigenvalue weighted by molar-refractivity contribution is 5.81. The molecule has 28 heavy (non-hydrogen) atoms. The molecule has 0 saturated carbocycles. The van der Waals surface area contributed by atoms with Gasteiger partial charge in [0.2, 0.25) is 6.29 Å². The third-order valence-corrected chi connectivity index (χ3v) is 4.65. The molecule has 0 aliphatic carbocycles. The van der Waals surface area contributed by atoms with Crippen molar-refractivity contribution in [3.05, 3.63) is 39.7 Å². The number of aryl methyl sites for hydroxylation is 1. The van der Waals surface area contributed by atoms with E-state index in [9.17, 15) is 30.3 Å². The molecule has 1 fully saturated rings. The average Bonchev–Trinajstić information content (AvgIpc) is 2.61. The van der Waals surface area contributed by atoms with Crippen molar-refractivity contribution in [2.45, 2.75) is 57.1 Å². The minimum Gasteiger partial charge on any atom is -0.462 e. The summed E-state index contributed by atoms with van der Waals surface area (Å²) in [5, 5.41) is 49.0. The maximum absolute atomic E-state index is 12.4. The molecule has 1 aromatic carbocycles. The van der Waals surface area contributed by atoms with E-state index in [0.717, 1.165) is 0 Å². The molecule has 0 spiro atoms. The van der Waals surface area contributed by atoms with Gasteiger partial charge in [0.15, 0.2) is 5.43 Å². The van der Waals surface area contributed by atoms with E-state index in [1.54, 1.807) is 19.9 Å². The zero-order chi connectivity index (χ0) is 20.6. The summed E-state index contributed by atoms with van der Waals surface area (Å²) in [5.41, 5.74) is 0.547. The average molecular weight is 396 g/mol. The maximum Gasteiger partial charge on any atom is 0.229 e. The molecule has 2 heterocycles. The number of aliphatic hydroxyl groups is 5. The SMILES string of the molecule is Cc1cc(O[C@@H]2O[C@H](CO)[C@@H](O)[C@H](O)[C@H]2O)cc2oc(C[C@H](C)O)cc(=O)c12. The first-order valence-corrected chi connectivity index (χ1v) is 8.94. The first-order chi connectivity index (χ1) is 13.2. The number of fused-ring (bicyclic) bond motifs is 1. The van der Waals surface area contributed by atoms with E-state index in [0.29, 0.717) is 16.7 Å². The van der Waals surface area contributed by atoms with Crippen LogP contribution in [0.2, 0.25) is 0 Å². The van der Waals surface area contributed by atoms with Crippen molar-refractivity contribution < 1.29 is 39.4 Å². The van der Waals surface area contributed by atoms with Crippen molar-refractivity contribution in [1.82, 2.24) is 0 Å². The summed E-state index contributed by atoms with van der Waals surface area (Å²) in [6.45, 7) is 2.70. The molecule has 9 nitrogen and oxygen atoms in total. The van der Waals surface area contributed by atoms with Gasteiger partial charge in [0, 0.05) is 18.6 Å². The smallest absolute Gasteiger partial charge is 0.229 e. The van der Waals surface area contributed by atoms with Crippen molar-refractivity contribution in [3.8, 4) is 5.75 Å². The Morgan fingerprint density at radius 1 is 1.14 bits per heavy atom. The standard InChI is InChI=1S/C19H24O9/c1-8-3-10(27-19-18(25)17(24)16(23)14(7-20)28-19)6-13-15(8)12(22)5-11(26-13)4-9(2)21/h3,5-6,9,14,16-21,23-25H,4,7H2,1-2H3/t9-,14+,16+,17-,18+,19+/m0/s1. The summed E-state index contributed by atoms with van der Waals surface area (Å²) < 4.78 is 16.6. The van der Waals surface area contributed by atoms with Gasteiger partial charge in [0.1, 0.15) is 41.5 Å². The number of ether oxygens (including phenoxy) is 2. The topological polar surface area (TPSA) is 150 Å². The molecule has 9 heteroatoms. The van der Waals surface area contributed by atoms with Crippen LogP contribution in [0.25, 0.3) is 11.0 Å². The molecule has 5 N–H and O–H groups in total. The van der Waals surface area contributed by atoms with Crippen LogP contribution in [-0.4, -0.2) is 68.9 Å². The van der Waals surface area contributed by atoms with Crippen LogP contribution in [0.4, 0.5) is 0 Å². The van der Waals surface area contributed by atoms with Crippen LogP contribution in [0, 0.1) is 6.92 Å². The quantitative estimate of drug-likeness (QED) is 0.438. The molecule has 1 aliphatic heterocycles. The summed E-state index contributed by atoms with van der Waals surface area (Å²) in [4.78, 5) is 12.4. The fourth-order valence-corrected chi connectivity index (χ4v) is 3.27. The van der Waals surface area contributed by atoms with Crippen molar-refractivity contribution in [3.63, 3.8) is 0 Å². The minimum absolute atomic E-state index is 0.169. The Hall–Kier alpha value is -2.01. The number of hydrogen-bond acceptors (Lipinski definition) is 9. The Morgan fingerprint density at radius 2 is 1.86 bits per heavy atom. The molecule has 0 bridgehead atoms. The lowest BCUT2D eigenvalue weighted by Gasteiger charge is -2.39. The van der Waals surface area contributed by atoms with Crippen LogP contribution in [0.3, 0.4) is 0 Å². The highest BCUT2D eigenvalue weighted by atomic mass is 16.7. The summed E-state index contributed by atoms with van der Waals surface area (Å²) in [6.07, 6.45) is -7.56. The van der Waals surface area contributed by atoms with Gasteiger partial charge in [-0.3, -0.25) is 4.79 Å². The molecule has 0 amide bonds. The zero-order valence-electron chi connectivity index (χ0n) is 15.5. The number of rotatable bonds is 5. The molecule has 0 radical (unpaired) electrons. The molecule has 0 unspecified atom stereocenters. The molecular weight excluding hydrogens is 372 g/mol. The Kier molecular flexibility index (Phi) is 6.04. The van der Waals surface area contributed by atoms with Crippen molar-refractivity contribution >= 4 is 11.0 Å². The zero-order valence-corrected chi connectivity index (χ0v) is 15.5. The van der Waals surface area contributed by atoms with Gasteiger partial charge in [0.25, 0.3) is 0 Å². The van der Waals surface area contributed by atoms with Crippen LogP contribution in [0.1, 0.15) is 18.2 Å². The second kappa shape index (κ2) is 8.16. The van der Waals surface area contributed by atoms with Gasteiger partial charge in [-0.15, -0.1) is 0 Å². The highest BCUT2D eigenvalue weighted by Crippen LogP contribution is 2.28. The van der Waals surface area contributed by atoms with Gasteiger partial charge in [0.05, 0.1) is 18.1 Å². The van der Waals surface area contributed by atoms with E-state index >= 15 is 0 Å². The minimum atomic E-state index is -1.56. The molecule has 6 atom stereocenters. The van der Waals surface area contributed by atoms with Crippen LogP contribution < -0.4 is 10.2 Å². The molecular formula is C19H24O9. The molecule has 1 aromatic heterocycles. The largest absolute Gasteiger partial charge is 0.462 e. The summed E-state index contributed by atoms with van der Waals surface area (Å²) >= 11 is 0. The van der Waals surface area contributed by atoms with Crippen LogP contribution in [0.15, 0.2) is 27.4 Å². The van der Waals surface area contributed by atoms with Gasteiger partial charge in [-0.25, -0.2) is 0 Å². The van der Waals surface area contributed by atoms with E-state index in [2.05, 4.69) is 0 Å². The molecule has 3 rings (SSSR count). The van der Waals surface area contributed by atoms with E-state index in [-0.39, 0.29) is 23.2 Å². The highest BCUT2D eigenvalue weighted by Gasteiger charge is 2.44. The van der Waals surface area contributed by atoms with E-state index in [1.807, 2.05) is 0 Å². The predicted molar refractivity (Wildman–Crippen MR) is 97.0 cm³/mol. The second-order valence-corrected chi connectivity index (χ2v) is 7.06. The second-order valence-electron chi connectivity index (χ2n) is 7.06. The summed E-state index contributed by atoms with van der Waals surface area (Å²) in [5.74, 6) is 0.517. The van der Waals surface area contributed by atoms with Crippen LogP contribution in [0.5, 0.6) is 5.75 Å². The fourth-order valence-electron chi connectivity index (χ4n) is 3.27. The molecule has 1 aliphatic rings. The van der Waals surface area contributed by atoms with Crippen LogP contribution >= 0.6 is 0 Å². The predicted octanol–water partition coefficient (Wildman–Crippen LogP) is -0.797. The van der Waals surface area contributed by atoms with Gasteiger partial charge in [-0.05, 0) is 25.5 Å². The molecule has 2 aromatic rings. The lowest BCUT2D eigenvalue weighted by atomic mass is 9.99. The van der Waals surface area contributed by atoms with Crippen molar-refractivity contribution in [1.29, 1.82) is 0 Å². The van der Waals surface area contributed by atoms with E-state index < -0.39 is 43.4 Å². The van der Waals surface area contributed by atoms with Gasteiger partial charge >= 0.3 is 0 Å². The number of benzene rings is 1. The lowest BCUT2D eigenvalue weighted by Crippen LogP contribution is -2.60. The molecule has 1 saturated heterocycles. The fraction of sp³-hybridized carbons (Fsp3) is 0.526. The Labute approximate surface area is 160 Å². The Balaban J connectivity index is 1.94. The maximum atomic E-state index is 12.4. The Morgan fingerprint density at radius 3 is 2.50 bits per heavy atom. The van der Waals surface area contributed by atoms with Crippen molar-refractivity contribution in [2.75, 3.05) is 6.61 Å². The summed E-state index contributed by atoms with van der Waals surface area (Å²) in [6, 6.07) is 4.33. The number of hydrogen-bond donors (Lipinski definition) is 5. The van der Waals surface area contributed by atoms with Crippen LogP contribution in [-0.2, 0) is 11.2 Å². The van der Waals surface area contributed by atoms with Gasteiger partial charge in [-0.2, -0.15) is 0 Å². The molecule has 154 valence electrons. The van der Waals surface area contributed by atoms with Gasteiger partial charge in [-0.1, -0.05) is 0 Å².